The number of nitrogen functional groups attached to an aromatic ring is 1. The van der Waals surface area contributed by atoms with E-state index in [0.717, 1.165) is 6.07 Å². The number of hydrogen-bond acceptors (Lipinski definition) is 4. The van der Waals surface area contributed by atoms with Crippen LogP contribution >= 0.6 is 15.9 Å². The predicted molar refractivity (Wildman–Crippen MR) is 72.5 cm³/mol. The van der Waals surface area contributed by atoms with Crippen molar-refractivity contribution in [3.8, 4) is 0 Å². The molecule has 0 aliphatic carbocycles. The zero-order valence-corrected chi connectivity index (χ0v) is 12.4. The molecule has 1 aliphatic rings. The third-order valence-electron chi connectivity index (χ3n) is 3.14. The van der Waals surface area contributed by atoms with Crippen molar-refractivity contribution in [1.82, 2.24) is 4.31 Å². The van der Waals surface area contributed by atoms with Crippen LogP contribution < -0.4 is 5.73 Å². The number of hydrogen-bond donors (Lipinski definition) is 2. The minimum absolute atomic E-state index is 0.0176. The first-order valence-electron chi connectivity index (χ1n) is 5.71. The predicted octanol–water partition coefficient (Wildman–Crippen LogP) is 1.17. The number of sulfonamides is 1. The van der Waals surface area contributed by atoms with Crippen molar-refractivity contribution in [3.63, 3.8) is 0 Å². The first-order valence-corrected chi connectivity index (χ1v) is 7.95. The van der Waals surface area contributed by atoms with E-state index in [1.165, 1.54) is 10.4 Å². The summed E-state index contributed by atoms with van der Waals surface area (Å²) in [6.07, 6.45) is 0.570. The molecule has 0 amide bonds. The van der Waals surface area contributed by atoms with Crippen molar-refractivity contribution in [2.24, 2.45) is 5.92 Å². The Bertz CT molecular complexity index is 594. The number of anilines is 1. The van der Waals surface area contributed by atoms with Gasteiger partial charge in [-0.15, -0.1) is 0 Å². The zero-order valence-electron chi connectivity index (χ0n) is 10.0. The van der Waals surface area contributed by atoms with Gasteiger partial charge in [0, 0.05) is 25.4 Å². The van der Waals surface area contributed by atoms with Gasteiger partial charge in [-0.3, -0.25) is 0 Å². The van der Waals surface area contributed by atoms with Crippen molar-refractivity contribution in [2.45, 2.75) is 11.3 Å². The van der Waals surface area contributed by atoms with Crippen LogP contribution in [0, 0.1) is 11.7 Å². The molecule has 0 bridgehead atoms. The zero-order chi connectivity index (χ0) is 14.2. The highest BCUT2D eigenvalue weighted by atomic mass is 79.9. The number of nitrogens with zero attached hydrogens (tertiary/aromatic N) is 1. The van der Waals surface area contributed by atoms with E-state index in [1.807, 2.05) is 0 Å². The molecular weight excluding hydrogens is 339 g/mol. The van der Waals surface area contributed by atoms with Gasteiger partial charge in [0.15, 0.2) is 5.82 Å². The normalized spacial score (nSPS) is 20.9. The van der Waals surface area contributed by atoms with Crippen molar-refractivity contribution in [2.75, 3.05) is 25.4 Å². The van der Waals surface area contributed by atoms with Crippen LogP contribution in [0.15, 0.2) is 21.5 Å². The average molecular weight is 353 g/mol. The molecule has 0 radical (unpaired) electrons. The Labute approximate surface area is 119 Å². The molecule has 106 valence electrons. The Hall–Kier alpha value is -0.700. The number of halogens is 2. The highest BCUT2D eigenvalue weighted by Gasteiger charge is 2.34. The number of nitrogens with two attached hydrogens (primary N) is 1. The lowest BCUT2D eigenvalue weighted by Crippen LogP contribution is -2.30. The average Bonchev–Trinajstić information content (AvgIpc) is 2.83. The van der Waals surface area contributed by atoms with E-state index in [-0.39, 0.29) is 35.8 Å². The van der Waals surface area contributed by atoms with E-state index < -0.39 is 20.7 Å². The lowest BCUT2D eigenvalue weighted by Gasteiger charge is -2.17. The van der Waals surface area contributed by atoms with Crippen LogP contribution in [0.4, 0.5) is 10.1 Å². The smallest absolute Gasteiger partial charge is 0.246 e. The van der Waals surface area contributed by atoms with E-state index in [1.54, 1.807) is 0 Å². The van der Waals surface area contributed by atoms with E-state index in [0.29, 0.717) is 6.42 Å². The number of benzene rings is 1. The van der Waals surface area contributed by atoms with Crippen LogP contribution in [0.25, 0.3) is 0 Å². The molecule has 0 spiro atoms. The first kappa shape index (κ1) is 14.7. The van der Waals surface area contributed by atoms with Crippen LogP contribution in [0.2, 0.25) is 0 Å². The second-order valence-corrected chi connectivity index (χ2v) is 7.28. The fraction of sp³-hybridized carbons (Fsp3) is 0.455. The molecule has 1 aliphatic heterocycles. The molecule has 0 saturated carbocycles. The van der Waals surface area contributed by atoms with Crippen molar-refractivity contribution in [3.05, 3.63) is 22.4 Å². The summed E-state index contributed by atoms with van der Waals surface area (Å²) >= 11 is 2.95. The Morgan fingerprint density at radius 3 is 2.79 bits per heavy atom. The molecule has 1 aromatic rings. The molecule has 1 saturated heterocycles. The van der Waals surface area contributed by atoms with Gasteiger partial charge in [-0.2, -0.15) is 4.31 Å². The molecule has 3 N–H and O–H groups in total. The topological polar surface area (TPSA) is 83.6 Å². The molecule has 0 aromatic heterocycles. The molecular formula is C11H14BrFN2O3S. The van der Waals surface area contributed by atoms with Gasteiger partial charge in [0.1, 0.15) is 4.90 Å². The Morgan fingerprint density at radius 2 is 2.21 bits per heavy atom. The second kappa shape index (κ2) is 5.35. The van der Waals surface area contributed by atoms with Gasteiger partial charge in [0.2, 0.25) is 10.0 Å². The molecule has 19 heavy (non-hydrogen) atoms. The lowest BCUT2D eigenvalue weighted by molar-refractivity contribution is 0.233. The van der Waals surface area contributed by atoms with Crippen LogP contribution in [-0.4, -0.2) is 37.5 Å². The monoisotopic (exact) mass is 352 g/mol. The van der Waals surface area contributed by atoms with Crippen molar-refractivity contribution < 1.29 is 17.9 Å². The summed E-state index contributed by atoms with van der Waals surface area (Å²) in [7, 11) is -3.92. The maximum absolute atomic E-state index is 14.0. The summed E-state index contributed by atoms with van der Waals surface area (Å²) in [6, 6.07) is 2.43. The van der Waals surface area contributed by atoms with Crippen molar-refractivity contribution in [1.29, 1.82) is 0 Å². The summed E-state index contributed by atoms with van der Waals surface area (Å²) in [5.74, 6) is -0.941. The lowest BCUT2D eigenvalue weighted by atomic mass is 10.1. The van der Waals surface area contributed by atoms with Gasteiger partial charge in [0.05, 0.1) is 4.47 Å². The minimum Gasteiger partial charge on any atom is -0.399 e. The highest BCUT2D eigenvalue weighted by Crippen LogP contribution is 2.30. The van der Waals surface area contributed by atoms with Crippen LogP contribution in [0.3, 0.4) is 0 Å². The minimum atomic E-state index is -3.92. The van der Waals surface area contributed by atoms with Gasteiger partial charge < -0.3 is 10.8 Å². The van der Waals surface area contributed by atoms with Crippen LogP contribution in [0.5, 0.6) is 0 Å². The maximum atomic E-state index is 14.0. The third kappa shape index (κ3) is 2.76. The molecule has 8 heteroatoms. The fourth-order valence-electron chi connectivity index (χ4n) is 2.08. The molecule has 1 unspecified atom stereocenters. The summed E-state index contributed by atoms with van der Waals surface area (Å²) in [6.45, 7) is 0.402. The van der Waals surface area contributed by atoms with Gasteiger partial charge in [-0.05, 0) is 40.4 Å². The van der Waals surface area contributed by atoms with Gasteiger partial charge >= 0.3 is 0 Å². The summed E-state index contributed by atoms with van der Waals surface area (Å²) in [4.78, 5) is -0.432. The van der Waals surface area contributed by atoms with E-state index in [9.17, 15) is 12.8 Å². The third-order valence-corrected chi connectivity index (χ3v) is 5.58. The van der Waals surface area contributed by atoms with E-state index in [2.05, 4.69) is 15.9 Å². The molecule has 1 aromatic carbocycles. The van der Waals surface area contributed by atoms with E-state index >= 15 is 0 Å². The highest BCUT2D eigenvalue weighted by molar-refractivity contribution is 9.10. The van der Waals surface area contributed by atoms with Gasteiger partial charge in [-0.1, -0.05) is 0 Å². The summed E-state index contributed by atoms with van der Waals surface area (Å²) < 4.78 is 39.8. The molecule has 5 nitrogen and oxygen atoms in total. The Kier molecular flexibility index (Phi) is 4.14. The SMILES string of the molecule is Nc1cc(Br)c(F)c(S(=O)(=O)N2CCC(CO)C2)c1. The quantitative estimate of drug-likeness (QED) is 0.800. The number of rotatable bonds is 3. The van der Waals surface area contributed by atoms with Gasteiger partial charge in [-0.25, -0.2) is 12.8 Å². The first-order chi connectivity index (χ1) is 8.86. The van der Waals surface area contributed by atoms with Crippen molar-refractivity contribution >= 4 is 31.6 Å². The molecule has 1 atom stereocenters. The maximum Gasteiger partial charge on any atom is 0.246 e. The summed E-state index contributed by atoms with van der Waals surface area (Å²) in [5.41, 5.74) is 5.73. The Morgan fingerprint density at radius 1 is 1.53 bits per heavy atom. The Balaban J connectivity index is 2.41. The standard InChI is InChI=1S/C11H14BrFN2O3S/c12-9-3-8(14)4-10(11(9)13)19(17,18)15-2-1-7(5-15)6-16/h3-4,7,16H,1-2,5-6,14H2. The van der Waals surface area contributed by atoms with Gasteiger partial charge in [0.25, 0.3) is 0 Å². The molecule has 1 fully saturated rings. The second-order valence-electron chi connectivity index (χ2n) is 4.52. The van der Waals surface area contributed by atoms with Crippen LogP contribution in [-0.2, 0) is 10.0 Å². The fourth-order valence-corrected chi connectivity index (χ4v) is 4.34. The summed E-state index contributed by atoms with van der Waals surface area (Å²) in [5, 5.41) is 9.04. The van der Waals surface area contributed by atoms with E-state index in [4.69, 9.17) is 10.8 Å². The molecule has 2 rings (SSSR count). The number of aliphatic hydroxyl groups excluding tert-OH is 1. The largest absolute Gasteiger partial charge is 0.399 e. The van der Waals surface area contributed by atoms with Crippen LogP contribution in [0.1, 0.15) is 6.42 Å². The molecule has 1 heterocycles. The number of aliphatic hydroxyl groups is 1.